The predicted octanol–water partition coefficient (Wildman–Crippen LogP) is 3.87. The number of hydrogen-bond donors (Lipinski definition) is 6. The summed E-state index contributed by atoms with van der Waals surface area (Å²) in [5.41, 5.74) is -1.09. The number of esters is 1. The van der Waals surface area contributed by atoms with Crippen molar-refractivity contribution in [3.8, 4) is 0 Å². The quantitative estimate of drug-likeness (QED) is 0.164. The minimum Gasteiger partial charge on any atom is -0.462 e. The Kier molecular flexibility index (Phi) is 10.4. The zero-order valence-corrected chi connectivity index (χ0v) is 30.7. The molecular formula is C38H64O10. The highest BCUT2D eigenvalue weighted by molar-refractivity contribution is 5.66. The standard InChI is InChI=1S/C38H64O10/c1-20(2)11-10-14-38(9,48-33-31(45)30(44)29(43)25(19-39)47-33)22-12-16-36(7)28(22)23(41)17-26-35(6)15-13-27(46-21(3)40)34(4,5)32(35)24(42)18-37(26,36)8/h11,22-33,39,41-45H,10,12-19H2,1-9H3. The second-order valence-corrected chi connectivity index (χ2v) is 18.0. The third-order valence-electron chi connectivity index (χ3n) is 14.7. The van der Waals surface area contributed by atoms with Gasteiger partial charge in [-0.1, -0.05) is 46.3 Å². The number of rotatable bonds is 8. The lowest BCUT2D eigenvalue weighted by Crippen LogP contribution is -2.70. The van der Waals surface area contributed by atoms with Crippen LogP contribution in [-0.4, -0.2) is 97.8 Å². The Morgan fingerprint density at radius 2 is 1.58 bits per heavy atom. The summed E-state index contributed by atoms with van der Waals surface area (Å²) in [6.45, 7) is 18.2. The van der Waals surface area contributed by atoms with Gasteiger partial charge < -0.3 is 44.8 Å². The van der Waals surface area contributed by atoms with E-state index >= 15 is 0 Å². The molecule has 5 aliphatic rings. The number of carbonyl (C=O) groups is 1. The highest BCUT2D eigenvalue weighted by Crippen LogP contribution is 2.76. The van der Waals surface area contributed by atoms with Crippen LogP contribution >= 0.6 is 0 Å². The first-order valence-electron chi connectivity index (χ1n) is 18.3. The monoisotopic (exact) mass is 680 g/mol. The van der Waals surface area contributed by atoms with Gasteiger partial charge in [0.05, 0.1) is 24.4 Å². The molecule has 276 valence electrons. The lowest BCUT2D eigenvalue weighted by atomic mass is 9.34. The van der Waals surface area contributed by atoms with Gasteiger partial charge in [0.2, 0.25) is 0 Å². The zero-order valence-electron chi connectivity index (χ0n) is 30.7. The first kappa shape index (κ1) is 38.1. The van der Waals surface area contributed by atoms with Crippen molar-refractivity contribution in [3.05, 3.63) is 11.6 Å². The maximum absolute atomic E-state index is 12.3. The van der Waals surface area contributed by atoms with Gasteiger partial charge in [0, 0.05) is 12.3 Å². The lowest BCUT2D eigenvalue weighted by molar-refractivity contribution is -0.336. The number of fused-ring (bicyclic) bond motifs is 5. The molecule has 0 radical (unpaired) electrons. The average molecular weight is 681 g/mol. The van der Waals surface area contributed by atoms with Crippen molar-refractivity contribution in [3.63, 3.8) is 0 Å². The fourth-order valence-corrected chi connectivity index (χ4v) is 12.4. The zero-order chi connectivity index (χ0) is 35.8. The van der Waals surface area contributed by atoms with E-state index in [4.69, 9.17) is 14.2 Å². The summed E-state index contributed by atoms with van der Waals surface area (Å²) < 4.78 is 18.4. The van der Waals surface area contributed by atoms with E-state index in [1.165, 1.54) is 12.5 Å². The summed E-state index contributed by atoms with van der Waals surface area (Å²) in [6.07, 6.45) is -0.730. The Morgan fingerprint density at radius 3 is 2.19 bits per heavy atom. The fourth-order valence-electron chi connectivity index (χ4n) is 12.4. The first-order valence-corrected chi connectivity index (χ1v) is 18.3. The molecular weight excluding hydrogens is 616 g/mol. The minimum absolute atomic E-state index is 0.102. The number of aliphatic hydroxyl groups excluding tert-OH is 6. The highest BCUT2D eigenvalue weighted by atomic mass is 16.7. The summed E-state index contributed by atoms with van der Waals surface area (Å²) in [4.78, 5) is 12.0. The van der Waals surface area contributed by atoms with Gasteiger partial charge in [-0.2, -0.15) is 0 Å². The third-order valence-corrected chi connectivity index (χ3v) is 14.7. The van der Waals surface area contributed by atoms with Crippen molar-refractivity contribution in [2.24, 2.45) is 45.3 Å². The second-order valence-electron chi connectivity index (χ2n) is 18.0. The molecule has 10 nitrogen and oxygen atoms in total. The van der Waals surface area contributed by atoms with Crippen LogP contribution in [0.1, 0.15) is 114 Å². The Balaban J connectivity index is 1.50. The first-order chi connectivity index (χ1) is 22.2. The van der Waals surface area contributed by atoms with Crippen molar-refractivity contribution < 1.29 is 49.6 Å². The molecule has 0 amide bonds. The van der Waals surface area contributed by atoms with Gasteiger partial charge in [-0.25, -0.2) is 0 Å². The smallest absolute Gasteiger partial charge is 0.302 e. The highest BCUT2D eigenvalue weighted by Gasteiger charge is 2.73. The molecule has 5 fully saturated rings. The largest absolute Gasteiger partial charge is 0.462 e. The topological polar surface area (TPSA) is 166 Å². The molecule has 6 N–H and O–H groups in total. The van der Waals surface area contributed by atoms with Gasteiger partial charge in [-0.15, -0.1) is 0 Å². The van der Waals surface area contributed by atoms with Gasteiger partial charge in [-0.05, 0) is 112 Å². The maximum atomic E-state index is 12.3. The molecule has 0 aromatic rings. The molecule has 16 unspecified atom stereocenters. The Bertz CT molecular complexity index is 1220. The Hall–Kier alpha value is -1.11. The van der Waals surface area contributed by atoms with Gasteiger partial charge in [0.1, 0.15) is 30.5 Å². The summed E-state index contributed by atoms with van der Waals surface area (Å²) in [5, 5.41) is 66.3. The lowest BCUT2D eigenvalue weighted by Gasteiger charge is -2.71. The maximum Gasteiger partial charge on any atom is 0.302 e. The van der Waals surface area contributed by atoms with E-state index in [0.29, 0.717) is 32.1 Å². The number of carbonyl (C=O) groups excluding carboxylic acids is 1. The third kappa shape index (κ3) is 5.92. The molecule has 1 saturated heterocycles. The van der Waals surface area contributed by atoms with Crippen LogP contribution < -0.4 is 0 Å². The molecule has 4 aliphatic carbocycles. The van der Waals surface area contributed by atoms with Crippen LogP contribution in [0.25, 0.3) is 0 Å². The van der Waals surface area contributed by atoms with Crippen molar-refractivity contribution in [2.45, 2.75) is 168 Å². The van der Waals surface area contributed by atoms with E-state index in [2.05, 4.69) is 40.7 Å². The van der Waals surface area contributed by atoms with Crippen molar-refractivity contribution in [1.82, 2.24) is 0 Å². The van der Waals surface area contributed by atoms with Crippen molar-refractivity contribution in [1.29, 1.82) is 0 Å². The molecule has 0 aromatic carbocycles. The van der Waals surface area contributed by atoms with Gasteiger partial charge in [-0.3, -0.25) is 4.79 Å². The van der Waals surface area contributed by atoms with Crippen molar-refractivity contribution >= 4 is 5.97 Å². The van der Waals surface area contributed by atoms with Gasteiger partial charge >= 0.3 is 5.97 Å². The predicted molar refractivity (Wildman–Crippen MR) is 179 cm³/mol. The van der Waals surface area contributed by atoms with Crippen LogP contribution in [0.5, 0.6) is 0 Å². The molecule has 5 rings (SSSR count). The minimum atomic E-state index is -1.55. The summed E-state index contributed by atoms with van der Waals surface area (Å²) in [6, 6.07) is 0. The molecule has 1 aliphatic heterocycles. The molecule has 0 aromatic heterocycles. The summed E-state index contributed by atoms with van der Waals surface area (Å²) in [7, 11) is 0. The fraction of sp³-hybridized carbons (Fsp3) is 0.921. The molecule has 0 bridgehead atoms. The molecule has 48 heavy (non-hydrogen) atoms. The van der Waals surface area contributed by atoms with E-state index in [-0.39, 0.29) is 52.0 Å². The average Bonchev–Trinajstić information content (AvgIpc) is 3.36. The second kappa shape index (κ2) is 13.1. The Labute approximate surface area is 287 Å². The summed E-state index contributed by atoms with van der Waals surface area (Å²) in [5.74, 6) is -0.570. The van der Waals surface area contributed by atoms with Crippen molar-refractivity contribution in [2.75, 3.05) is 6.61 Å². The number of allylic oxidation sites excluding steroid dienone is 2. The molecule has 4 saturated carbocycles. The van der Waals surface area contributed by atoms with E-state index in [1.54, 1.807) is 0 Å². The van der Waals surface area contributed by atoms with Crippen LogP contribution in [0.3, 0.4) is 0 Å². The Morgan fingerprint density at radius 1 is 0.917 bits per heavy atom. The van der Waals surface area contributed by atoms with E-state index < -0.39 is 60.5 Å². The number of aliphatic hydroxyl groups is 6. The van der Waals surface area contributed by atoms with E-state index in [9.17, 15) is 35.4 Å². The summed E-state index contributed by atoms with van der Waals surface area (Å²) >= 11 is 0. The van der Waals surface area contributed by atoms with Crippen LogP contribution in [0.2, 0.25) is 0 Å². The van der Waals surface area contributed by atoms with E-state index in [0.717, 1.165) is 19.3 Å². The molecule has 16 atom stereocenters. The number of ether oxygens (including phenoxy) is 3. The van der Waals surface area contributed by atoms with E-state index in [1.807, 2.05) is 20.8 Å². The molecule has 1 heterocycles. The molecule has 0 spiro atoms. The SMILES string of the molecule is CC(=O)OC1CCC2(C)C(C(O)CC3(C)C2CC(O)C2C(C(C)(CCC=C(C)C)OC4OC(CO)C(O)C(O)C4O)CCC23C)C1(C)C. The van der Waals surface area contributed by atoms with Crippen LogP contribution in [0.15, 0.2) is 11.6 Å². The normalized spacial score (nSPS) is 49.6. The van der Waals surface area contributed by atoms with Crippen LogP contribution in [0, 0.1) is 45.3 Å². The van der Waals surface area contributed by atoms with Crippen LogP contribution in [-0.2, 0) is 19.0 Å². The van der Waals surface area contributed by atoms with Gasteiger partial charge in [0.15, 0.2) is 6.29 Å². The van der Waals surface area contributed by atoms with Gasteiger partial charge in [0.25, 0.3) is 0 Å². The molecule has 10 heteroatoms. The van der Waals surface area contributed by atoms with Crippen LogP contribution in [0.4, 0.5) is 0 Å². The number of hydrogen-bond acceptors (Lipinski definition) is 10.